The Hall–Kier alpha value is -1.57. The van der Waals surface area contributed by atoms with Crippen LogP contribution in [0.3, 0.4) is 0 Å². The molecule has 3 rings (SSSR count). The second-order valence-corrected chi connectivity index (χ2v) is 6.69. The van der Waals surface area contributed by atoms with E-state index in [-0.39, 0.29) is 24.0 Å². The van der Waals surface area contributed by atoms with Crippen LogP contribution >= 0.6 is 24.0 Å². The maximum Gasteiger partial charge on any atom is 0.193 e. The Kier molecular flexibility index (Phi) is 8.41. The van der Waals surface area contributed by atoms with E-state index in [0.717, 1.165) is 32.1 Å². The number of benzene rings is 1. The molecule has 2 aromatic rings. The van der Waals surface area contributed by atoms with E-state index >= 15 is 0 Å². The van der Waals surface area contributed by atoms with Gasteiger partial charge in [-0.2, -0.15) is 0 Å². The first-order valence-corrected chi connectivity index (χ1v) is 9.28. The fourth-order valence-corrected chi connectivity index (χ4v) is 3.83. The first-order valence-electron chi connectivity index (χ1n) is 9.28. The van der Waals surface area contributed by atoms with E-state index in [2.05, 4.69) is 62.0 Å². The summed E-state index contributed by atoms with van der Waals surface area (Å²) in [7, 11) is 1.88. The van der Waals surface area contributed by atoms with Gasteiger partial charge in [-0.3, -0.25) is 4.99 Å². The number of rotatable bonds is 5. The Labute approximate surface area is 173 Å². The van der Waals surface area contributed by atoms with Crippen molar-refractivity contribution in [2.24, 2.45) is 10.9 Å². The van der Waals surface area contributed by atoms with Gasteiger partial charge in [-0.1, -0.05) is 43.7 Å². The molecule has 1 fully saturated rings. The molecule has 2 heterocycles. The van der Waals surface area contributed by atoms with Crippen molar-refractivity contribution in [1.82, 2.24) is 19.8 Å². The van der Waals surface area contributed by atoms with Crippen molar-refractivity contribution in [1.29, 1.82) is 0 Å². The molecule has 1 aliphatic heterocycles. The van der Waals surface area contributed by atoms with Crippen LogP contribution < -0.4 is 5.32 Å². The van der Waals surface area contributed by atoms with Crippen LogP contribution in [-0.2, 0) is 6.54 Å². The molecule has 1 aromatic heterocycles. The van der Waals surface area contributed by atoms with Gasteiger partial charge in [0, 0.05) is 45.6 Å². The number of guanidine groups is 1. The summed E-state index contributed by atoms with van der Waals surface area (Å²) in [5, 5.41) is 3.50. The Balaban J connectivity index is 0.00000243. The van der Waals surface area contributed by atoms with Crippen LogP contribution in [0, 0.1) is 5.92 Å². The zero-order valence-corrected chi connectivity index (χ0v) is 18.0. The van der Waals surface area contributed by atoms with Gasteiger partial charge in [-0.05, 0) is 23.8 Å². The molecular formula is C20H30IN5. The first kappa shape index (κ1) is 20.7. The molecule has 0 radical (unpaired) electrons. The second kappa shape index (κ2) is 10.5. The lowest BCUT2D eigenvalue weighted by atomic mass is 9.79. The molecule has 0 saturated carbocycles. The summed E-state index contributed by atoms with van der Waals surface area (Å²) in [6.07, 6.45) is 8.04. The number of likely N-dealkylation sites (tertiary alicyclic amines) is 1. The van der Waals surface area contributed by atoms with Gasteiger partial charge in [0.05, 0.1) is 6.33 Å². The van der Waals surface area contributed by atoms with E-state index in [9.17, 15) is 0 Å². The van der Waals surface area contributed by atoms with Crippen molar-refractivity contribution in [3.63, 3.8) is 0 Å². The van der Waals surface area contributed by atoms with Crippen molar-refractivity contribution in [3.8, 4) is 0 Å². The highest BCUT2D eigenvalue weighted by atomic mass is 127. The number of hydrogen-bond acceptors (Lipinski definition) is 2. The van der Waals surface area contributed by atoms with Gasteiger partial charge in [-0.15, -0.1) is 24.0 Å². The molecule has 0 bridgehead atoms. The lowest BCUT2D eigenvalue weighted by Crippen LogP contribution is -2.49. The van der Waals surface area contributed by atoms with Crippen LogP contribution in [0.2, 0.25) is 0 Å². The topological polar surface area (TPSA) is 45.5 Å². The third-order valence-electron chi connectivity index (χ3n) is 5.21. The molecule has 0 aliphatic carbocycles. The van der Waals surface area contributed by atoms with Crippen LogP contribution in [0.5, 0.6) is 0 Å². The molecule has 2 atom stereocenters. The van der Waals surface area contributed by atoms with Crippen LogP contribution in [0.4, 0.5) is 0 Å². The molecule has 5 nitrogen and oxygen atoms in total. The van der Waals surface area contributed by atoms with Crippen LogP contribution in [-0.4, -0.2) is 47.1 Å². The van der Waals surface area contributed by atoms with Crippen molar-refractivity contribution in [2.45, 2.75) is 32.2 Å². The van der Waals surface area contributed by atoms with Gasteiger partial charge in [0.25, 0.3) is 0 Å². The third kappa shape index (κ3) is 5.22. The molecular weight excluding hydrogens is 437 g/mol. The molecule has 1 N–H and O–H groups in total. The maximum absolute atomic E-state index is 4.50. The van der Waals surface area contributed by atoms with Crippen LogP contribution in [0.1, 0.15) is 31.2 Å². The van der Waals surface area contributed by atoms with Gasteiger partial charge >= 0.3 is 0 Å². The smallest absolute Gasteiger partial charge is 0.193 e. The van der Waals surface area contributed by atoms with Crippen LogP contribution in [0.25, 0.3) is 0 Å². The summed E-state index contributed by atoms with van der Waals surface area (Å²) in [5.74, 6) is 2.35. The average Bonchev–Trinajstić information content (AvgIpc) is 3.19. The molecule has 1 aromatic carbocycles. The van der Waals surface area contributed by atoms with E-state index < -0.39 is 0 Å². The number of nitrogens with one attached hydrogen (secondary N) is 1. The highest BCUT2D eigenvalue weighted by Crippen LogP contribution is 2.34. The number of piperidine rings is 1. The van der Waals surface area contributed by atoms with Crippen LogP contribution in [0.15, 0.2) is 54.0 Å². The zero-order valence-electron chi connectivity index (χ0n) is 15.7. The van der Waals surface area contributed by atoms with E-state index in [1.54, 1.807) is 0 Å². The predicted octanol–water partition coefficient (Wildman–Crippen LogP) is 3.59. The highest BCUT2D eigenvalue weighted by Gasteiger charge is 2.30. The SMILES string of the molecule is CCC1CN(C(=NC)NCCn2ccnc2)CCC1c1ccccc1.I. The first-order chi connectivity index (χ1) is 12.3. The minimum Gasteiger partial charge on any atom is -0.354 e. The summed E-state index contributed by atoms with van der Waals surface area (Å²) < 4.78 is 2.08. The van der Waals surface area contributed by atoms with Gasteiger partial charge in [0.15, 0.2) is 5.96 Å². The molecule has 26 heavy (non-hydrogen) atoms. The minimum absolute atomic E-state index is 0. The molecule has 6 heteroatoms. The van der Waals surface area contributed by atoms with E-state index in [1.165, 1.54) is 18.4 Å². The number of imidazole rings is 1. The Morgan fingerprint density at radius 2 is 2.12 bits per heavy atom. The molecule has 142 valence electrons. The standard InChI is InChI=1S/C20H29N5.HI/c1-3-17-15-25(12-9-19(17)18-7-5-4-6-8-18)20(21-2)23-11-14-24-13-10-22-16-24;/h4-8,10,13,16-17,19H,3,9,11-12,14-15H2,1-2H3,(H,21,23);1H. The fourth-order valence-electron chi connectivity index (χ4n) is 3.83. The van der Waals surface area contributed by atoms with Gasteiger partial charge in [0.1, 0.15) is 0 Å². The van der Waals surface area contributed by atoms with Crippen molar-refractivity contribution >= 4 is 29.9 Å². The number of nitrogens with zero attached hydrogens (tertiary/aromatic N) is 4. The van der Waals surface area contributed by atoms with Crippen molar-refractivity contribution in [3.05, 3.63) is 54.6 Å². The molecule has 1 saturated heterocycles. The third-order valence-corrected chi connectivity index (χ3v) is 5.21. The molecule has 0 spiro atoms. The highest BCUT2D eigenvalue weighted by molar-refractivity contribution is 14.0. The minimum atomic E-state index is 0. The Morgan fingerprint density at radius 3 is 2.77 bits per heavy atom. The summed E-state index contributed by atoms with van der Waals surface area (Å²) in [6.45, 7) is 6.19. The van der Waals surface area contributed by atoms with Crippen molar-refractivity contribution < 1.29 is 0 Å². The Bertz CT molecular complexity index is 656. The molecule has 0 amide bonds. The monoisotopic (exact) mass is 467 g/mol. The lowest BCUT2D eigenvalue weighted by Gasteiger charge is -2.40. The normalized spacial score (nSPS) is 20.5. The van der Waals surface area contributed by atoms with Gasteiger partial charge in [0.2, 0.25) is 0 Å². The summed E-state index contributed by atoms with van der Waals surface area (Å²) in [5.41, 5.74) is 1.48. The van der Waals surface area contributed by atoms with Crippen molar-refractivity contribution in [2.75, 3.05) is 26.7 Å². The van der Waals surface area contributed by atoms with E-state index in [4.69, 9.17) is 0 Å². The largest absolute Gasteiger partial charge is 0.354 e. The van der Waals surface area contributed by atoms with E-state index in [0.29, 0.717) is 11.8 Å². The number of aliphatic imine (C=N–C) groups is 1. The number of aromatic nitrogens is 2. The maximum atomic E-state index is 4.50. The second-order valence-electron chi connectivity index (χ2n) is 6.69. The van der Waals surface area contributed by atoms with Gasteiger partial charge in [-0.25, -0.2) is 4.98 Å². The summed E-state index contributed by atoms with van der Waals surface area (Å²) in [6, 6.07) is 11.0. The Morgan fingerprint density at radius 1 is 1.31 bits per heavy atom. The predicted molar refractivity (Wildman–Crippen MR) is 118 cm³/mol. The number of halogens is 1. The van der Waals surface area contributed by atoms with Gasteiger partial charge < -0.3 is 14.8 Å². The molecule has 2 unspecified atom stereocenters. The lowest BCUT2D eigenvalue weighted by molar-refractivity contribution is 0.215. The quantitative estimate of drug-likeness (QED) is 0.416. The average molecular weight is 467 g/mol. The summed E-state index contributed by atoms with van der Waals surface area (Å²) in [4.78, 5) is 11.0. The number of hydrogen-bond donors (Lipinski definition) is 1. The fraction of sp³-hybridized carbons (Fsp3) is 0.500. The molecule has 1 aliphatic rings. The summed E-state index contributed by atoms with van der Waals surface area (Å²) >= 11 is 0. The zero-order chi connectivity index (χ0) is 17.5. The van der Waals surface area contributed by atoms with E-state index in [1.807, 2.05) is 25.8 Å².